The van der Waals surface area contributed by atoms with Crippen LogP contribution in [0, 0.1) is 5.41 Å². The second-order valence-corrected chi connectivity index (χ2v) is 7.02. The summed E-state index contributed by atoms with van der Waals surface area (Å²) in [5, 5.41) is 9.60. The number of rotatable bonds is 5. The number of aromatic nitrogens is 2. The fourth-order valence-electron chi connectivity index (χ4n) is 3.48. The molecule has 0 aliphatic carbocycles. The van der Waals surface area contributed by atoms with Gasteiger partial charge >= 0.3 is 0 Å². The molecule has 0 saturated carbocycles. The Hall–Kier alpha value is -2.02. The zero-order chi connectivity index (χ0) is 17.1. The molecular formula is C19H24N4O2. The standard InChI is InChI=1S/C19H24N4O2/c24-13-19(14-25-15-19)12-22-8-10-23(11-9-22)17-6-7-20-18(21-17)16-4-2-1-3-5-16/h1-7,24H,8-15H2. The van der Waals surface area contributed by atoms with Crippen molar-refractivity contribution >= 4 is 5.82 Å². The van der Waals surface area contributed by atoms with Gasteiger partial charge in [-0.25, -0.2) is 9.97 Å². The average Bonchev–Trinajstić information content (AvgIpc) is 2.66. The molecule has 0 atom stereocenters. The van der Waals surface area contributed by atoms with Crippen molar-refractivity contribution < 1.29 is 9.84 Å². The van der Waals surface area contributed by atoms with Crippen LogP contribution in [0.2, 0.25) is 0 Å². The molecule has 0 amide bonds. The maximum Gasteiger partial charge on any atom is 0.161 e. The summed E-state index contributed by atoms with van der Waals surface area (Å²) in [7, 11) is 0. The summed E-state index contributed by atoms with van der Waals surface area (Å²) in [6.07, 6.45) is 1.84. The van der Waals surface area contributed by atoms with Gasteiger partial charge < -0.3 is 14.7 Å². The zero-order valence-electron chi connectivity index (χ0n) is 14.3. The summed E-state index contributed by atoms with van der Waals surface area (Å²) in [4.78, 5) is 13.9. The van der Waals surface area contributed by atoms with E-state index in [2.05, 4.69) is 14.8 Å². The molecule has 3 heterocycles. The van der Waals surface area contributed by atoms with Gasteiger partial charge in [0.25, 0.3) is 0 Å². The van der Waals surface area contributed by atoms with Gasteiger partial charge in [-0.15, -0.1) is 0 Å². The van der Waals surface area contributed by atoms with E-state index in [1.54, 1.807) is 0 Å². The van der Waals surface area contributed by atoms with Gasteiger partial charge in [-0.3, -0.25) is 4.90 Å². The molecule has 132 valence electrons. The lowest BCUT2D eigenvalue weighted by Crippen LogP contribution is -2.57. The Labute approximate surface area is 148 Å². The first-order valence-electron chi connectivity index (χ1n) is 8.82. The van der Waals surface area contributed by atoms with Gasteiger partial charge in [0.15, 0.2) is 5.82 Å². The van der Waals surface area contributed by atoms with Gasteiger partial charge in [-0.1, -0.05) is 30.3 Å². The smallest absolute Gasteiger partial charge is 0.161 e. The molecule has 1 aromatic heterocycles. The highest BCUT2D eigenvalue weighted by Crippen LogP contribution is 2.28. The number of aliphatic hydroxyl groups excluding tert-OH is 1. The van der Waals surface area contributed by atoms with E-state index < -0.39 is 0 Å². The van der Waals surface area contributed by atoms with Gasteiger partial charge in [0.2, 0.25) is 0 Å². The van der Waals surface area contributed by atoms with Crippen molar-refractivity contribution in [2.24, 2.45) is 5.41 Å². The van der Waals surface area contributed by atoms with Crippen LogP contribution < -0.4 is 4.90 Å². The summed E-state index contributed by atoms with van der Waals surface area (Å²) in [6, 6.07) is 12.1. The first kappa shape index (κ1) is 16.4. The summed E-state index contributed by atoms with van der Waals surface area (Å²) < 4.78 is 5.30. The minimum Gasteiger partial charge on any atom is -0.396 e. The van der Waals surface area contributed by atoms with E-state index in [-0.39, 0.29) is 12.0 Å². The quantitative estimate of drug-likeness (QED) is 0.885. The molecular weight excluding hydrogens is 316 g/mol. The van der Waals surface area contributed by atoms with E-state index in [0.717, 1.165) is 49.9 Å². The summed E-state index contributed by atoms with van der Waals surface area (Å²) >= 11 is 0. The Morgan fingerprint density at radius 2 is 1.80 bits per heavy atom. The van der Waals surface area contributed by atoms with Crippen molar-refractivity contribution in [3.8, 4) is 11.4 Å². The van der Waals surface area contributed by atoms with Crippen molar-refractivity contribution in [3.05, 3.63) is 42.6 Å². The SMILES string of the molecule is OCC1(CN2CCN(c3ccnc(-c4ccccc4)n3)CC2)COC1. The van der Waals surface area contributed by atoms with Crippen LogP contribution in [0.3, 0.4) is 0 Å². The van der Waals surface area contributed by atoms with Gasteiger partial charge in [0.1, 0.15) is 5.82 Å². The molecule has 0 bridgehead atoms. The molecule has 2 aliphatic rings. The summed E-state index contributed by atoms with van der Waals surface area (Å²) in [6.45, 7) is 6.31. The number of anilines is 1. The third-order valence-electron chi connectivity index (χ3n) is 5.08. The number of piperazine rings is 1. The average molecular weight is 340 g/mol. The molecule has 0 radical (unpaired) electrons. The predicted octanol–water partition coefficient (Wildman–Crippen LogP) is 1.27. The second-order valence-electron chi connectivity index (χ2n) is 7.02. The minimum atomic E-state index is -0.0441. The zero-order valence-corrected chi connectivity index (χ0v) is 14.3. The molecule has 0 unspecified atom stereocenters. The van der Waals surface area contributed by atoms with E-state index in [9.17, 15) is 5.11 Å². The van der Waals surface area contributed by atoms with Gasteiger partial charge in [-0.2, -0.15) is 0 Å². The third-order valence-corrected chi connectivity index (χ3v) is 5.08. The van der Waals surface area contributed by atoms with Crippen LogP contribution in [-0.2, 0) is 4.74 Å². The Morgan fingerprint density at radius 1 is 1.04 bits per heavy atom. The van der Waals surface area contributed by atoms with E-state index in [1.807, 2.05) is 42.6 Å². The monoisotopic (exact) mass is 340 g/mol. The molecule has 0 spiro atoms. The number of ether oxygens (including phenoxy) is 1. The van der Waals surface area contributed by atoms with Gasteiger partial charge in [0.05, 0.1) is 25.2 Å². The van der Waals surface area contributed by atoms with Crippen LogP contribution in [0.15, 0.2) is 42.6 Å². The fourth-order valence-corrected chi connectivity index (χ4v) is 3.48. The van der Waals surface area contributed by atoms with Crippen LogP contribution in [0.1, 0.15) is 0 Å². The van der Waals surface area contributed by atoms with Crippen molar-refractivity contribution in [1.82, 2.24) is 14.9 Å². The lowest BCUT2D eigenvalue weighted by molar-refractivity contribution is -0.148. The maximum absolute atomic E-state index is 9.60. The highest BCUT2D eigenvalue weighted by Gasteiger charge is 2.40. The Balaban J connectivity index is 1.39. The van der Waals surface area contributed by atoms with Crippen LogP contribution in [0.4, 0.5) is 5.82 Å². The summed E-state index contributed by atoms with van der Waals surface area (Å²) in [5.74, 6) is 1.75. The molecule has 2 saturated heterocycles. The van der Waals surface area contributed by atoms with Crippen molar-refractivity contribution in [1.29, 1.82) is 0 Å². The molecule has 2 aromatic rings. The summed E-state index contributed by atoms with van der Waals surface area (Å²) in [5.41, 5.74) is 0.996. The van der Waals surface area contributed by atoms with Gasteiger partial charge in [-0.05, 0) is 6.07 Å². The first-order valence-corrected chi connectivity index (χ1v) is 8.82. The molecule has 4 rings (SSSR count). The number of nitrogens with zero attached hydrogens (tertiary/aromatic N) is 4. The molecule has 2 fully saturated rings. The van der Waals surface area contributed by atoms with Crippen LogP contribution in [-0.4, -0.2) is 72.5 Å². The number of hydrogen-bond donors (Lipinski definition) is 1. The third kappa shape index (κ3) is 3.51. The Kier molecular flexibility index (Phi) is 4.65. The predicted molar refractivity (Wildman–Crippen MR) is 96.5 cm³/mol. The largest absolute Gasteiger partial charge is 0.396 e. The van der Waals surface area contributed by atoms with E-state index in [4.69, 9.17) is 9.72 Å². The van der Waals surface area contributed by atoms with E-state index in [1.165, 1.54) is 0 Å². The fraction of sp³-hybridized carbons (Fsp3) is 0.474. The van der Waals surface area contributed by atoms with Crippen LogP contribution in [0.5, 0.6) is 0 Å². The maximum atomic E-state index is 9.60. The minimum absolute atomic E-state index is 0.0441. The van der Waals surface area contributed by atoms with E-state index >= 15 is 0 Å². The number of benzene rings is 1. The molecule has 1 N–H and O–H groups in total. The molecule has 1 aromatic carbocycles. The highest BCUT2D eigenvalue weighted by molar-refractivity contribution is 5.57. The molecule has 2 aliphatic heterocycles. The molecule has 6 nitrogen and oxygen atoms in total. The van der Waals surface area contributed by atoms with Crippen LogP contribution >= 0.6 is 0 Å². The lowest BCUT2D eigenvalue weighted by Gasteiger charge is -2.45. The van der Waals surface area contributed by atoms with Gasteiger partial charge in [0, 0.05) is 44.5 Å². The topological polar surface area (TPSA) is 61.7 Å². The van der Waals surface area contributed by atoms with Crippen molar-refractivity contribution in [2.45, 2.75) is 0 Å². The number of aliphatic hydroxyl groups is 1. The van der Waals surface area contributed by atoms with Crippen LogP contribution in [0.25, 0.3) is 11.4 Å². The molecule has 6 heteroatoms. The van der Waals surface area contributed by atoms with Crippen molar-refractivity contribution in [2.75, 3.05) is 57.4 Å². The number of hydrogen-bond acceptors (Lipinski definition) is 6. The normalized spacial score (nSPS) is 20.3. The Bertz CT molecular complexity index is 692. The first-order chi connectivity index (χ1) is 12.3. The van der Waals surface area contributed by atoms with Crippen molar-refractivity contribution in [3.63, 3.8) is 0 Å². The van der Waals surface area contributed by atoms with E-state index in [0.29, 0.717) is 13.2 Å². The highest BCUT2D eigenvalue weighted by atomic mass is 16.5. The lowest BCUT2D eigenvalue weighted by atomic mass is 9.86. The Morgan fingerprint density at radius 3 is 2.44 bits per heavy atom. The molecule has 25 heavy (non-hydrogen) atoms. The second kappa shape index (κ2) is 7.07.